The monoisotopic (exact) mass is 398 g/mol. The van der Waals surface area contributed by atoms with E-state index in [0.29, 0.717) is 6.42 Å². The van der Waals surface area contributed by atoms with Crippen molar-refractivity contribution >= 4 is 17.6 Å². The van der Waals surface area contributed by atoms with Crippen molar-refractivity contribution < 1.29 is 31.8 Å². The Morgan fingerprint density at radius 2 is 2.12 bits per heavy atom. The minimum absolute atomic E-state index is 0.0325. The topological polar surface area (TPSA) is 73.6 Å². The largest absolute Gasteiger partial charge is 0.490 e. The first-order valence-electron chi connectivity index (χ1n) is 7.99. The van der Waals surface area contributed by atoms with Crippen LogP contribution < -0.4 is 15.8 Å². The summed E-state index contributed by atoms with van der Waals surface area (Å²) in [5.74, 6) is -2.98. The van der Waals surface area contributed by atoms with E-state index in [9.17, 15) is 22.4 Å². The highest BCUT2D eigenvalue weighted by Gasteiger charge is 2.42. The Kier molecular flexibility index (Phi) is 7.08. The summed E-state index contributed by atoms with van der Waals surface area (Å²) in [5.41, 5.74) is 5.79. The van der Waals surface area contributed by atoms with Crippen LogP contribution >= 0.6 is 11.6 Å². The fourth-order valence-corrected chi connectivity index (χ4v) is 2.73. The summed E-state index contributed by atoms with van der Waals surface area (Å²) in [6, 6.07) is 3.68. The minimum Gasteiger partial charge on any atom is -0.490 e. The molecule has 0 spiro atoms. The van der Waals surface area contributed by atoms with E-state index >= 15 is 0 Å². The second-order valence-electron chi connectivity index (χ2n) is 6.09. The molecule has 10 heteroatoms. The fourth-order valence-electron chi connectivity index (χ4n) is 2.61. The zero-order valence-corrected chi connectivity index (χ0v) is 14.4. The van der Waals surface area contributed by atoms with E-state index in [-0.39, 0.29) is 36.0 Å². The Bertz CT molecular complexity index is 630. The number of hydrogen-bond donors (Lipinski definition) is 2. The Hall–Kier alpha value is -1.58. The highest BCUT2D eigenvalue weighted by atomic mass is 35.5. The van der Waals surface area contributed by atoms with Crippen LogP contribution in [0.5, 0.6) is 5.75 Å². The second-order valence-corrected chi connectivity index (χ2v) is 6.50. The molecule has 0 saturated heterocycles. The van der Waals surface area contributed by atoms with Gasteiger partial charge in [0.25, 0.3) is 0 Å². The van der Waals surface area contributed by atoms with Gasteiger partial charge in [-0.25, -0.2) is 9.18 Å². The summed E-state index contributed by atoms with van der Waals surface area (Å²) in [6.07, 6.45) is -4.04. The number of hydrogen-bond acceptors (Lipinski definition) is 5. The molecule has 1 saturated carbocycles. The van der Waals surface area contributed by atoms with Crippen molar-refractivity contribution in [2.24, 2.45) is 5.73 Å². The predicted molar refractivity (Wildman–Crippen MR) is 86.5 cm³/mol. The van der Waals surface area contributed by atoms with E-state index in [1.54, 1.807) is 0 Å². The first kappa shape index (κ1) is 20.7. The standard InChI is InChI=1S/C16H19ClF4N2O3/c17-13-4-3-11(6-14(13)18)25-8-12(26-15(24)16(19,20)21)7-23-10-2-1-9(22)5-10/h3-4,6,9-10,12,23H,1-2,5,7-8,22H2/t9?,10-,12+/m0/s1. The molecule has 0 radical (unpaired) electrons. The maximum absolute atomic E-state index is 13.4. The van der Waals surface area contributed by atoms with Gasteiger partial charge in [-0.15, -0.1) is 0 Å². The van der Waals surface area contributed by atoms with Crippen molar-refractivity contribution in [1.82, 2.24) is 5.32 Å². The molecule has 0 heterocycles. The third kappa shape index (κ3) is 6.30. The van der Waals surface area contributed by atoms with Crippen molar-refractivity contribution in [3.05, 3.63) is 29.0 Å². The molecule has 3 N–H and O–H groups in total. The molecule has 0 aromatic heterocycles. The molecule has 146 valence electrons. The van der Waals surface area contributed by atoms with Crippen molar-refractivity contribution in [1.29, 1.82) is 0 Å². The molecular formula is C16H19ClF4N2O3. The highest BCUT2D eigenvalue weighted by molar-refractivity contribution is 6.30. The zero-order valence-electron chi connectivity index (χ0n) is 13.7. The molecule has 26 heavy (non-hydrogen) atoms. The number of carbonyl (C=O) groups excluding carboxylic acids is 1. The van der Waals surface area contributed by atoms with Gasteiger partial charge in [0.1, 0.15) is 24.3 Å². The van der Waals surface area contributed by atoms with Crippen molar-refractivity contribution in [3.63, 3.8) is 0 Å². The Labute approximate surface area is 152 Å². The first-order valence-corrected chi connectivity index (χ1v) is 8.37. The third-order valence-electron chi connectivity index (χ3n) is 3.94. The molecule has 0 aliphatic heterocycles. The molecule has 1 aliphatic rings. The zero-order chi connectivity index (χ0) is 19.3. The number of ether oxygens (including phenoxy) is 2. The van der Waals surface area contributed by atoms with Crippen LogP contribution in [-0.2, 0) is 9.53 Å². The first-order chi connectivity index (χ1) is 12.1. The average molecular weight is 399 g/mol. The molecule has 1 unspecified atom stereocenters. The number of benzene rings is 1. The van der Waals surface area contributed by atoms with Gasteiger partial charge in [0.15, 0.2) is 0 Å². The lowest BCUT2D eigenvalue weighted by atomic mass is 10.2. The lowest BCUT2D eigenvalue weighted by Crippen LogP contribution is -2.42. The van der Waals surface area contributed by atoms with Crippen LogP contribution in [0, 0.1) is 5.82 Å². The molecule has 3 atom stereocenters. The quantitative estimate of drug-likeness (QED) is 0.546. The summed E-state index contributed by atoms with van der Waals surface area (Å²) < 4.78 is 60.4. The number of nitrogens with two attached hydrogens (primary N) is 1. The lowest BCUT2D eigenvalue weighted by Gasteiger charge is -2.22. The van der Waals surface area contributed by atoms with Gasteiger partial charge in [-0.3, -0.25) is 0 Å². The van der Waals surface area contributed by atoms with E-state index < -0.39 is 24.1 Å². The average Bonchev–Trinajstić information content (AvgIpc) is 2.97. The number of halogens is 5. The SMILES string of the molecule is NC1CC[C@H](NC[C@H](COc2ccc(Cl)c(F)c2)OC(=O)C(F)(F)F)C1. The van der Waals surface area contributed by atoms with E-state index in [1.165, 1.54) is 12.1 Å². The fraction of sp³-hybridized carbons (Fsp3) is 0.562. The predicted octanol–water partition coefficient (Wildman–Crippen LogP) is 2.80. The number of esters is 1. The smallest absolute Gasteiger partial charge is 0.490 e. The van der Waals surface area contributed by atoms with Gasteiger partial charge in [-0.2, -0.15) is 13.2 Å². The number of carbonyl (C=O) groups is 1. The molecule has 2 rings (SSSR count). The lowest BCUT2D eigenvalue weighted by molar-refractivity contribution is -0.205. The normalized spacial score (nSPS) is 21.5. The summed E-state index contributed by atoms with van der Waals surface area (Å²) in [4.78, 5) is 11.1. The molecule has 0 amide bonds. The Balaban J connectivity index is 1.94. The van der Waals surface area contributed by atoms with Crippen LogP contribution in [0.2, 0.25) is 5.02 Å². The molecular weight excluding hydrogens is 380 g/mol. The van der Waals surface area contributed by atoms with E-state index in [1.807, 2.05) is 0 Å². The molecule has 1 aromatic rings. The number of alkyl halides is 3. The van der Waals surface area contributed by atoms with E-state index in [4.69, 9.17) is 22.1 Å². The molecule has 5 nitrogen and oxygen atoms in total. The summed E-state index contributed by atoms with van der Waals surface area (Å²) in [6.45, 7) is -0.427. The van der Waals surface area contributed by atoms with E-state index in [0.717, 1.165) is 18.9 Å². The maximum atomic E-state index is 13.4. The molecule has 1 fully saturated rings. The second kappa shape index (κ2) is 8.88. The number of rotatable bonds is 7. The van der Waals surface area contributed by atoms with Gasteiger partial charge in [0.05, 0.1) is 5.02 Å². The van der Waals surface area contributed by atoms with Crippen LogP contribution in [0.4, 0.5) is 17.6 Å². The molecule has 1 aromatic carbocycles. The number of nitrogens with one attached hydrogen (secondary N) is 1. The van der Waals surface area contributed by atoms with Crippen LogP contribution in [0.1, 0.15) is 19.3 Å². The summed E-state index contributed by atoms with van der Waals surface area (Å²) in [5, 5.41) is 2.91. The van der Waals surface area contributed by atoms with Gasteiger partial charge in [0.2, 0.25) is 0 Å². The van der Waals surface area contributed by atoms with Gasteiger partial charge >= 0.3 is 12.1 Å². The maximum Gasteiger partial charge on any atom is 0.490 e. The van der Waals surface area contributed by atoms with Crippen LogP contribution in [0.3, 0.4) is 0 Å². The highest BCUT2D eigenvalue weighted by Crippen LogP contribution is 2.22. The van der Waals surface area contributed by atoms with Gasteiger partial charge in [0, 0.05) is 24.7 Å². The molecule has 1 aliphatic carbocycles. The van der Waals surface area contributed by atoms with Crippen LogP contribution in [0.15, 0.2) is 18.2 Å². The third-order valence-corrected chi connectivity index (χ3v) is 4.25. The van der Waals surface area contributed by atoms with Gasteiger partial charge in [-0.1, -0.05) is 11.6 Å². The molecule has 0 bridgehead atoms. The Morgan fingerprint density at radius 1 is 1.38 bits per heavy atom. The minimum atomic E-state index is -5.11. The summed E-state index contributed by atoms with van der Waals surface area (Å²) in [7, 11) is 0. The van der Waals surface area contributed by atoms with Crippen molar-refractivity contribution in [3.8, 4) is 5.75 Å². The van der Waals surface area contributed by atoms with Gasteiger partial charge in [-0.05, 0) is 31.4 Å². The van der Waals surface area contributed by atoms with Crippen molar-refractivity contribution in [2.45, 2.75) is 43.6 Å². The van der Waals surface area contributed by atoms with Crippen LogP contribution in [-0.4, -0.2) is 43.5 Å². The van der Waals surface area contributed by atoms with Gasteiger partial charge < -0.3 is 20.5 Å². The van der Waals surface area contributed by atoms with Crippen molar-refractivity contribution in [2.75, 3.05) is 13.2 Å². The van der Waals surface area contributed by atoms with Crippen LogP contribution in [0.25, 0.3) is 0 Å². The summed E-state index contributed by atoms with van der Waals surface area (Å²) >= 11 is 5.55. The Morgan fingerprint density at radius 3 is 2.69 bits per heavy atom. The van der Waals surface area contributed by atoms with E-state index in [2.05, 4.69) is 10.1 Å².